The molecule has 2 aromatic rings. The summed E-state index contributed by atoms with van der Waals surface area (Å²) < 4.78 is 12.8. The number of fused-ring (bicyclic) bond motifs is 1. The molecule has 2 rings (SSSR count). The lowest BCUT2D eigenvalue weighted by atomic mass is 10.1. The van der Waals surface area contributed by atoms with Gasteiger partial charge in [-0.25, -0.2) is 4.39 Å². The van der Waals surface area contributed by atoms with Crippen molar-refractivity contribution < 1.29 is 4.39 Å². The Morgan fingerprint density at radius 1 is 1.23 bits per heavy atom. The molecule has 0 saturated heterocycles. The van der Waals surface area contributed by atoms with Crippen molar-refractivity contribution in [3.05, 3.63) is 34.9 Å². The lowest BCUT2D eigenvalue weighted by molar-refractivity contribution is 0.629. The third kappa shape index (κ3) is 1.35. The maximum absolute atomic E-state index is 12.8. The molecule has 0 radical (unpaired) electrons. The molecule has 0 unspecified atom stereocenters. The van der Waals surface area contributed by atoms with E-state index in [0.29, 0.717) is 5.39 Å². The molecule has 0 aliphatic heterocycles. The van der Waals surface area contributed by atoms with Crippen molar-refractivity contribution in [1.82, 2.24) is 10.2 Å². The van der Waals surface area contributed by atoms with Crippen LogP contribution in [0.3, 0.4) is 0 Å². The van der Waals surface area contributed by atoms with Crippen LogP contribution >= 0.6 is 11.6 Å². The quantitative estimate of drug-likeness (QED) is 0.648. The summed E-state index contributed by atoms with van der Waals surface area (Å²) in [6.45, 7) is 1.81. The van der Waals surface area contributed by atoms with E-state index in [4.69, 9.17) is 11.6 Å². The first-order valence-corrected chi connectivity index (χ1v) is 4.14. The first kappa shape index (κ1) is 8.38. The van der Waals surface area contributed by atoms with Gasteiger partial charge >= 0.3 is 0 Å². The summed E-state index contributed by atoms with van der Waals surface area (Å²) in [7, 11) is 0. The van der Waals surface area contributed by atoms with E-state index in [2.05, 4.69) is 10.2 Å². The van der Waals surface area contributed by atoms with Gasteiger partial charge in [0.1, 0.15) is 5.82 Å². The molecule has 0 aliphatic rings. The Morgan fingerprint density at radius 3 is 2.77 bits per heavy atom. The first-order valence-electron chi connectivity index (χ1n) is 3.76. The van der Waals surface area contributed by atoms with E-state index in [1.165, 1.54) is 12.1 Å². The zero-order chi connectivity index (χ0) is 9.42. The number of rotatable bonds is 0. The number of nitrogens with zero attached hydrogens (tertiary/aromatic N) is 2. The molecule has 0 atom stereocenters. The predicted octanol–water partition coefficient (Wildman–Crippen LogP) is 2.73. The Hall–Kier alpha value is -1.22. The van der Waals surface area contributed by atoms with Crippen LogP contribution in [0.15, 0.2) is 18.2 Å². The molecule has 1 aromatic carbocycles. The lowest BCUT2D eigenvalue weighted by Gasteiger charge is -2.01. The van der Waals surface area contributed by atoms with E-state index in [-0.39, 0.29) is 11.0 Å². The van der Waals surface area contributed by atoms with Crippen LogP contribution in [0, 0.1) is 12.7 Å². The molecule has 66 valence electrons. The second kappa shape index (κ2) is 2.92. The molecule has 0 aliphatic carbocycles. The molecule has 1 heterocycles. The van der Waals surface area contributed by atoms with E-state index in [9.17, 15) is 4.39 Å². The molecule has 13 heavy (non-hydrogen) atoms. The zero-order valence-corrected chi connectivity index (χ0v) is 7.64. The summed E-state index contributed by atoms with van der Waals surface area (Å²) in [5.41, 5.74) is 0.749. The fraction of sp³-hybridized carbons (Fsp3) is 0.111. The SMILES string of the molecule is Cc1nnc(Cl)c2cc(F)ccc12. The topological polar surface area (TPSA) is 25.8 Å². The number of aromatic nitrogens is 2. The second-order valence-electron chi connectivity index (χ2n) is 2.77. The van der Waals surface area contributed by atoms with Gasteiger partial charge in [0.05, 0.1) is 5.69 Å². The van der Waals surface area contributed by atoms with Crippen LogP contribution in [0.4, 0.5) is 4.39 Å². The molecule has 0 amide bonds. The van der Waals surface area contributed by atoms with Crippen molar-refractivity contribution >= 4 is 22.4 Å². The predicted molar refractivity (Wildman–Crippen MR) is 49.2 cm³/mol. The largest absolute Gasteiger partial charge is 0.207 e. The van der Waals surface area contributed by atoms with E-state index in [1.807, 2.05) is 6.92 Å². The van der Waals surface area contributed by atoms with Crippen molar-refractivity contribution in [2.45, 2.75) is 6.92 Å². The average Bonchev–Trinajstić information content (AvgIpc) is 2.12. The van der Waals surface area contributed by atoms with Crippen LogP contribution in [0.2, 0.25) is 5.15 Å². The second-order valence-corrected chi connectivity index (χ2v) is 3.12. The van der Waals surface area contributed by atoms with E-state index < -0.39 is 0 Å². The molecule has 2 nitrogen and oxygen atoms in total. The third-order valence-electron chi connectivity index (χ3n) is 1.88. The van der Waals surface area contributed by atoms with Gasteiger partial charge in [-0.05, 0) is 25.1 Å². The molecule has 4 heteroatoms. The summed E-state index contributed by atoms with van der Waals surface area (Å²) in [4.78, 5) is 0. The van der Waals surface area contributed by atoms with Gasteiger partial charge in [0.15, 0.2) is 5.15 Å². The van der Waals surface area contributed by atoms with Crippen LogP contribution in [-0.4, -0.2) is 10.2 Å². The Bertz CT molecular complexity index is 470. The van der Waals surface area contributed by atoms with Gasteiger partial charge in [-0.15, -0.1) is 5.10 Å². The summed E-state index contributed by atoms with van der Waals surface area (Å²) in [5.74, 6) is -0.318. The minimum absolute atomic E-state index is 0.236. The normalized spacial score (nSPS) is 10.7. The van der Waals surface area contributed by atoms with Gasteiger partial charge < -0.3 is 0 Å². The third-order valence-corrected chi connectivity index (χ3v) is 2.16. The number of benzene rings is 1. The van der Waals surface area contributed by atoms with Crippen LogP contribution in [-0.2, 0) is 0 Å². The number of hydrogen-bond donors (Lipinski definition) is 0. The van der Waals surface area contributed by atoms with Crippen LogP contribution in [0.25, 0.3) is 10.8 Å². The molecule has 0 saturated carbocycles. The number of hydrogen-bond acceptors (Lipinski definition) is 2. The van der Waals surface area contributed by atoms with Gasteiger partial charge in [-0.3, -0.25) is 0 Å². The lowest BCUT2D eigenvalue weighted by Crippen LogP contribution is -1.90. The van der Waals surface area contributed by atoms with E-state index in [1.54, 1.807) is 6.07 Å². The monoisotopic (exact) mass is 196 g/mol. The molecule has 1 aromatic heterocycles. The summed E-state index contributed by atoms with van der Waals surface area (Å²) in [5, 5.41) is 9.21. The minimum atomic E-state index is -0.318. The maximum atomic E-state index is 12.8. The van der Waals surface area contributed by atoms with Gasteiger partial charge in [0, 0.05) is 10.8 Å². The molecule has 0 spiro atoms. The Balaban J connectivity index is 2.92. The van der Waals surface area contributed by atoms with Crippen molar-refractivity contribution in [2.75, 3.05) is 0 Å². The number of halogens is 2. The fourth-order valence-electron chi connectivity index (χ4n) is 1.23. The molecular weight excluding hydrogens is 191 g/mol. The van der Waals surface area contributed by atoms with E-state index >= 15 is 0 Å². The van der Waals surface area contributed by atoms with Gasteiger partial charge in [-0.1, -0.05) is 11.6 Å². The fourth-order valence-corrected chi connectivity index (χ4v) is 1.42. The highest BCUT2D eigenvalue weighted by Gasteiger charge is 2.04. The first-order chi connectivity index (χ1) is 6.18. The summed E-state index contributed by atoms with van der Waals surface area (Å²) in [6, 6.07) is 4.40. The molecular formula is C9H6ClFN2. The molecule has 0 N–H and O–H groups in total. The van der Waals surface area contributed by atoms with Crippen LogP contribution < -0.4 is 0 Å². The van der Waals surface area contributed by atoms with Gasteiger partial charge in [0.25, 0.3) is 0 Å². The van der Waals surface area contributed by atoms with Crippen LogP contribution in [0.5, 0.6) is 0 Å². The van der Waals surface area contributed by atoms with Crippen molar-refractivity contribution in [1.29, 1.82) is 0 Å². The van der Waals surface area contributed by atoms with E-state index in [0.717, 1.165) is 11.1 Å². The van der Waals surface area contributed by atoms with Crippen molar-refractivity contribution in [3.8, 4) is 0 Å². The van der Waals surface area contributed by atoms with Gasteiger partial charge in [0.2, 0.25) is 0 Å². The Labute approximate surface area is 79.4 Å². The zero-order valence-electron chi connectivity index (χ0n) is 6.88. The summed E-state index contributed by atoms with van der Waals surface area (Å²) >= 11 is 5.76. The van der Waals surface area contributed by atoms with Crippen molar-refractivity contribution in [2.24, 2.45) is 0 Å². The molecule has 0 bridgehead atoms. The van der Waals surface area contributed by atoms with Crippen LogP contribution in [0.1, 0.15) is 5.69 Å². The highest BCUT2D eigenvalue weighted by molar-refractivity contribution is 6.34. The van der Waals surface area contributed by atoms with Gasteiger partial charge in [-0.2, -0.15) is 5.10 Å². The smallest absolute Gasteiger partial charge is 0.159 e. The maximum Gasteiger partial charge on any atom is 0.159 e. The van der Waals surface area contributed by atoms with Crippen molar-refractivity contribution in [3.63, 3.8) is 0 Å². The Kier molecular flexibility index (Phi) is 1.88. The summed E-state index contributed by atoms with van der Waals surface area (Å²) in [6.07, 6.45) is 0. The highest BCUT2D eigenvalue weighted by Crippen LogP contribution is 2.22. The standard InChI is InChI=1S/C9H6ClFN2/c1-5-7-3-2-6(11)4-8(7)9(10)13-12-5/h2-4H,1H3. The minimum Gasteiger partial charge on any atom is -0.207 e. The average molecular weight is 197 g/mol. The number of aryl methyl sites for hydroxylation is 1. The molecule has 0 fully saturated rings. The highest BCUT2D eigenvalue weighted by atomic mass is 35.5. The Morgan fingerprint density at radius 2 is 2.00 bits per heavy atom.